The van der Waals surface area contributed by atoms with E-state index in [0.29, 0.717) is 41.6 Å². The fourth-order valence-corrected chi connectivity index (χ4v) is 8.60. The number of carbonyl (C=O) groups is 1. The van der Waals surface area contributed by atoms with Crippen LogP contribution in [0.1, 0.15) is 75.6 Å². The van der Waals surface area contributed by atoms with E-state index in [4.69, 9.17) is 4.74 Å². The maximum absolute atomic E-state index is 12.8. The molecule has 0 aromatic carbocycles. The summed E-state index contributed by atoms with van der Waals surface area (Å²) in [5.74, 6) is 1.72. The fourth-order valence-electron chi connectivity index (χ4n) is 7.68. The number of nitrogens with one attached hydrogen (secondary N) is 2. The molecule has 4 fully saturated rings. The van der Waals surface area contributed by atoms with Crippen molar-refractivity contribution in [3.8, 4) is 11.7 Å². The predicted molar refractivity (Wildman–Crippen MR) is 155 cm³/mol. The van der Waals surface area contributed by atoms with Gasteiger partial charge in [-0.05, 0) is 113 Å². The minimum Gasteiger partial charge on any atom is -0.477 e. The molecule has 7 rings (SSSR count). The number of amides is 1. The van der Waals surface area contributed by atoms with Crippen molar-refractivity contribution in [1.82, 2.24) is 34.6 Å². The van der Waals surface area contributed by atoms with Crippen LogP contribution in [0.25, 0.3) is 5.82 Å². The fraction of sp³-hybridized carbons (Fsp3) is 0.600. The SMILES string of the molecule is CC1(C)CC(CCCn2ccc(S(=O)(=O)NC(=O)c3ccc(-n4ccc(OCCC5C6(CC6)C56CC6)n4)nc3)n2)CN1. The van der Waals surface area contributed by atoms with Crippen LogP contribution in [0.15, 0.2) is 47.9 Å². The monoisotopic (exact) mass is 593 g/mol. The van der Waals surface area contributed by atoms with Crippen LogP contribution in [0, 0.1) is 22.7 Å². The third-order valence-corrected chi connectivity index (χ3v) is 11.3. The zero-order valence-electron chi connectivity index (χ0n) is 24.3. The van der Waals surface area contributed by atoms with Crippen molar-refractivity contribution in [3.63, 3.8) is 0 Å². The first-order valence-electron chi connectivity index (χ1n) is 15.1. The van der Waals surface area contributed by atoms with E-state index in [2.05, 4.69) is 39.1 Å². The normalized spacial score (nSPS) is 22.9. The van der Waals surface area contributed by atoms with Gasteiger partial charge >= 0.3 is 0 Å². The molecular formula is C30H39N7O4S. The Morgan fingerprint density at radius 2 is 1.86 bits per heavy atom. The second-order valence-corrected chi connectivity index (χ2v) is 15.0. The average molecular weight is 594 g/mol. The zero-order valence-corrected chi connectivity index (χ0v) is 25.1. The van der Waals surface area contributed by atoms with Crippen molar-refractivity contribution >= 4 is 15.9 Å². The maximum Gasteiger partial charge on any atom is 0.283 e. The van der Waals surface area contributed by atoms with Crippen LogP contribution in [0.4, 0.5) is 0 Å². The molecule has 1 atom stereocenters. The number of nitrogens with zero attached hydrogens (tertiary/aromatic N) is 5. The van der Waals surface area contributed by atoms with Crippen LogP contribution in [0.5, 0.6) is 5.88 Å². The standard InChI is InChI=1S/C30H39N7O4S/c1-28(2)18-21(19-32-28)4-3-14-36-15-8-26(34-36)42(39,40)35-27(38)22-5-6-24(31-20-22)37-16-7-25(33-37)41-17-9-23-29(10-11-29)30(23)12-13-30/h5-8,15-16,20-21,23,32H,3-4,9-14,17-19H2,1-2H3,(H,35,38). The van der Waals surface area contributed by atoms with Crippen molar-refractivity contribution < 1.29 is 17.9 Å². The Hall–Kier alpha value is -3.25. The second-order valence-electron chi connectivity index (χ2n) is 13.3. The van der Waals surface area contributed by atoms with Crippen LogP contribution in [0.2, 0.25) is 0 Å². The minimum absolute atomic E-state index is 0.117. The quantitative estimate of drug-likeness (QED) is 0.325. The van der Waals surface area contributed by atoms with E-state index in [0.717, 1.165) is 38.1 Å². The Bertz CT molecular complexity index is 1570. The van der Waals surface area contributed by atoms with E-state index in [1.807, 2.05) is 0 Å². The lowest BCUT2D eigenvalue weighted by atomic mass is 9.94. The highest BCUT2D eigenvalue weighted by Crippen LogP contribution is 2.93. The topological polar surface area (TPSA) is 133 Å². The van der Waals surface area contributed by atoms with Crippen LogP contribution in [-0.4, -0.2) is 57.6 Å². The second kappa shape index (κ2) is 9.90. The van der Waals surface area contributed by atoms with Gasteiger partial charge in [-0.25, -0.2) is 14.4 Å². The number of rotatable bonds is 12. The Balaban J connectivity index is 0.889. The lowest BCUT2D eigenvalue weighted by Gasteiger charge is -2.17. The molecule has 0 radical (unpaired) electrons. The molecular weight excluding hydrogens is 554 g/mol. The van der Waals surface area contributed by atoms with Gasteiger partial charge in [-0.3, -0.25) is 9.48 Å². The largest absolute Gasteiger partial charge is 0.477 e. The number of ether oxygens (including phenoxy) is 1. The molecule has 2 N–H and O–H groups in total. The Morgan fingerprint density at radius 1 is 1.07 bits per heavy atom. The van der Waals surface area contributed by atoms with Gasteiger partial charge in [0.1, 0.15) is 0 Å². The molecule has 1 unspecified atom stereocenters. The molecule has 11 nitrogen and oxygen atoms in total. The molecule has 3 aromatic heterocycles. The molecule has 3 aliphatic carbocycles. The summed E-state index contributed by atoms with van der Waals surface area (Å²) in [7, 11) is -4.12. The van der Waals surface area contributed by atoms with Gasteiger partial charge in [0.15, 0.2) is 10.8 Å². The lowest BCUT2D eigenvalue weighted by Crippen LogP contribution is -2.31. The highest BCUT2D eigenvalue weighted by atomic mass is 32.2. The van der Waals surface area contributed by atoms with E-state index in [-0.39, 0.29) is 16.1 Å². The van der Waals surface area contributed by atoms with E-state index in [9.17, 15) is 13.2 Å². The molecule has 2 spiro atoms. The van der Waals surface area contributed by atoms with Crippen LogP contribution < -0.4 is 14.8 Å². The average Bonchev–Trinajstić information content (AvgIpc) is 3.86. The van der Waals surface area contributed by atoms with Crippen molar-refractivity contribution in [2.75, 3.05) is 13.2 Å². The van der Waals surface area contributed by atoms with Gasteiger partial charge in [-0.15, -0.1) is 5.10 Å². The summed E-state index contributed by atoms with van der Waals surface area (Å²) in [5, 5.41) is 12.0. The van der Waals surface area contributed by atoms with Gasteiger partial charge in [-0.1, -0.05) is 0 Å². The number of aryl methyl sites for hydroxylation is 1. The summed E-state index contributed by atoms with van der Waals surface area (Å²) in [6, 6.07) is 6.34. The molecule has 1 saturated heterocycles. The number of aromatic nitrogens is 5. The van der Waals surface area contributed by atoms with Gasteiger partial charge in [0, 0.05) is 36.7 Å². The van der Waals surface area contributed by atoms with E-state index >= 15 is 0 Å². The highest BCUT2D eigenvalue weighted by molar-refractivity contribution is 7.90. The first-order chi connectivity index (χ1) is 20.1. The summed E-state index contributed by atoms with van der Waals surface area (Å²) in [5.41, 5.74) is 1.65. The van der Waals surface area contributed by atoms with Gasteiger partial charge < -0.3 is 10.1 Å². The highest BCUT2D eigenvalue weighted by Gasteiger charge is 2.85. The lowest BCUT2D eigenvalue weighted by molar-refractivity contribution is 0.0981. The molecule has 3 saturated carbocycles. The van der Waals surface area contributed by atoms with Crippen LogP contribution in [0.3, 0.4) is 0 Å². The first-order valence-corrected chi connectivity index (χ1v) is 16.6. The summed E-state index contributed by atoms with van der Waals surface area (Å²) in [6.45, 7) is 6.71. The van der Waals surface area contributed by atoms with Gasteiger partial charge in [0.05, 0.1) is 12.2 Å². The summed E-state index contributed by atoms with van der Waals surface area (Å²) < 4.78 is 36.8. The molecule has 1 aliphatic heterocycles. The summed E-state index contributed by atoms with van der Waals surface area (Å²) in [6.07, 6.45) is 14.5. The van der Waals surface area contributed by atoms with E-state index in [1.165, 1.54) is 44.0 Å². The molecule has 12 heteroatoms. The molecule has 4 aliphatic rings. The number of sulfonamides is 1. The van der Waals surface area contributed by atoms with Crippen molar-refractivity contribution in [2.24, 2.45) is 22.7 Å². The third kappa shape index (κ3) is 5.12. The summed E-state index contributed by atoms with van der Waals surface area (Å²) >= 11 is 0. The van der Waals surface area contributed by atoms with Gasteiger partial charge in [0.2, 0.25) is 5.88 Å². The Labute approximate surface area is 246 Å². The molecule has 0 bridgehead atoms. The number of hydrogen-bond donors (Lipinski definition) is 2. The number of fused-ring (bicyclic) bond motifs is 1. The molecule has 1 amide bonds. The summed E-state index contributed by atoms with van der Waals surface area (Å²) in [4.78, 5) is 17.0. The van der Waals surface area contributed by atoms with E-state index < -0.39 is 15.9 Å². The number of carbonyl (C=O) groups excluding carboxylic acids is 1. The Morgan fingerprint density at radius 3 is 2.52 bits per heavy atom. The van der Waals surface area contributed by atoms with Gasteiger partial charge in [-0.2, -0.15) is 13.5 Å². The van der Waals surface area contributed by atoms with E-state index in [1.54, 1.807) is 33.9 Å². The smallest absolute Gasteiger partial charge is 0.283 e. The third-order valence-electron chi connectivity index (χ3n) is 10.1. The molecule has 3 aromatic rings. The molecule has 42 heavy (non-hydrogen) atoms. The van der Waals surface area contributed by atoms with Crippen molar-refractivity contribution in [2.45, 2.75) is 82.3 Å². The number of hydrogen-bond acceptors (Lipinski definition) is 8. The van der Waals surface area contributed by atoms with Crippen molar-refractivity contribution in [1.29, 1.82) is 0 Å². The molecule has 4 heterocycles. The zero-order chi connectivity index (χ0) is 29.2. The van der Waals surface area contributed by atoms with Crippen LogP contribution >= 0.6 is 0 Å². The van der Waals surface area contributed by atoms with Gasteiger partial charge in [0.25, 0.3) is 15.9 Å². The minimum atomic E-state index is -4.12. The predicted octanol–water partition coefficient (Wildman–Crippen LogP) is 3.71. The van der Waals surface area contributed by atoms with Crippen LogP contribution in [-0.2, 0) is 16.6 Å². The first kappa shape index (κ1) is 27.6. The Kier molecular flexibility index (Phi) is 6.50. The maximum atomic E-state index is 12.8. The van der Waals surface area contributed by atoms with Crippen molar-refractivity contribution in [3.05, 3.63) is 48.4 Å². The number of pyridine rings is 1. The molecule has 224 valence electrons.